The number of carbonyl (C=O) groups excluding carboxylic acids is 1. The first-order valence-corrected chi connectivity index (χ1v) is 10.9. The number of hydrogen-bond donors (Lipinski definition) is 1. The molecule has 1 atom stereocenters. The van der Waals surface area contributed by atoms with Crippen LogP contribution in [0, 0.1) is 5.92 Å². The first-order valence-electron chi connectivity index (χ1n) is 9.36. The highest BCUT2D eigenvalue weighted by Crippen LogP contribution is 2.32. The van der Waals surface area contributed by atoms with Crippen LogP contribution in [0.15, 0.2) is 29.6 Å². The molecular weight excluding hydrogens is 366 g/mol. The summed E-state index contributed by atoms with van der Waals surface area (Å²) in [4.78, 5) is 13.1. The molecule has 9 heteroatoms. The predicted octanol–water partition coefficient (Wildman–Crippen LogP) is 2.56. The van der Waals surface area contributed by atoms with Crippen molar-refractivity contribution in [2.24, 2.45) is 13.0 Å². The summed E-state index contributed by atoms with van der Waals surface area (Å²) in [5.41, 5.74) is 0. The number of anilines is 1. The minimum absolute atomic E-state index is 0.152. The first kappa shape index (κ1) is 19.6. The Morgan fingerprint density at radius 3 is 2.63 bits per heavy atom. The molecule has 1 fully saturated rings. The lowest BCUT2D eigenvalue weighted by atomic mass is 9.98. The van der Waals surface area contributed by atoms with Crippen LogP contribution in [0.1, 0.15) is 52.0 Å². The van der Waals surface area contributed by atoms with Crippen molar-refractivity contribution in [2.75, 3.05) is 5.32 Å². The fraction of sp³-hybridized carbons (Fsp3) is 0.611. The molecular formula is C18H27N5O3S. The summed E-state index contributed by atoms with van der Waals surface area (Å²) in [7, 11) is -1.65. The van der Waals surface area contributed by atoms with Crippen molar-refractivity contribution >= 4 is 21.6 Å². The van der Waals surface area contributed by atoms with Crippen molar-refractivity contribution in [1.29, 1.82) is 0 Å². The van der Waals surface area contributed by atoms with Crippen LogP contribution in [0.3, 0.4) is 0 Å². The molecule has 1 aliphatic carbocycles. The number of nitrogens with one attached hydrogen (secondary N) is 1. The van der Waals surface area contributed by atoms with E-state index >= 15 is 0 Å². The van der Waals surface area contributed by atoms with E-state index in [1.54, 1.807) is 37.8 Å². The normalized spacial score (nSPS) is 16.7. The van der Waals surface area contributed by atoms with Crippen LogP contribution in [0.25, 0.3) is 0 Å². The standard InChI is InChI=1S/C18H27N5O3S/c1-13(2)27(25,26)15-11-19-23(12-15)16(10-14-6-4-5-7-14)18(24)20-17-8-9-22(3)21-17/h8-9,11-14,16H,4-7,10H2,1-3H3,(H,20,21,24). The van der Waals surface area contributed by atoms with E-state index in [1.165, 1.54) is 29.9 Å². The van der Waals surface area contributed by atoms with Gasteiger partial charge in [-0.1, -0.05) is 25.7 Å². The summed E-state index contributed by atoms with van der Waals surface area (Å²) >= 11 is 0. The molecule has 27 heavy (non-hydrogen) atoms. The number of aryl methyl sites for hydroxylation is 1. The molecule has 1 N–H and O–H groups in total. The van der Waals surface area contributed by atoms with E-state index in [0.29, 0.717) is 18.2 Å². The highest BCUT2D eigenvalue weighted by atomic mass is 32.2. The molecule has 1 unspecified atom stereocenters. The molecule has 148 valence electrons. The lowest BCUT2D eigenvalue weighted by molar-refractivity contribution is -0.120. The van der Waals surface area contributed by atoms with Crippen molar-refractivity contribution in [1.82, 2.24) is 19.6 Å². The zero-order valence-electron chi connectivity index (χ0n) is 16.0. The molecule has 2 heterocycles. The maximum Gasteiger partial charge on any atom is 0.250 e. The van der Waals surface area contributed by atoms with Gasteiger partial charge in [0.1, 0.15) is 10.9 Å². The second-order valence-corrected chi connectivity index (χ2v) is 10.0. The van der Waals surface area contributed by atoms with Crippen LogP contribution in [0.5, 0.6) is 0 Å². The largest absolute Gasteiger partial charge is 0.307 e. The third-order valence-electron chi connectivity index (χ3n) is 5.15. The smallest absolute Gasteiger partial charge is 0.250 e. The average Bonchev–Trinajstić information content (AvgIpc) is 3.34. The molecule has 1 amide bonds. The van der Waals surface area contributed by atoms with Crippen LogP contribution in [-0.2, 0) is 21.7 Å². The minimum atomic E-state index is -3.43. The predicted molar refractivity (Wildman–Crippen MR) is 102 cm³/mol. The summed E-state index contributed by atoms with van der Waals surface area (Å²) < 4.78 is 27.9. The molecule has 8 nitrogen and oxygen atoms in total. The fourth-order valence-corrected chi connectivity index (χ4v) is 4.49. The van der Waals surface area contributed by atoms with Gasteiger partial charge >= 0.3 is 0 Å². The van der Waals surface area contributed by atoms with E-state index < -0.39 is 21.1 Å². The number of sulfone groups is 1. The molecule has 0 aromatic carbocycles. The quantitative estimate of drug-likeness (QED) is 0.779. The van der Waals surface area contributed by atoms with Crippen LogP contribution in [-0.4, -0.2) is 39.1 Å². The number of aromatic nitrogens is 4. The van der Waals surface area contributed by atoms with Crippen molar-refractivity contribution in [3.05, 3.63) is 24.7 Å². The van der Waals surface area contributed by atoms with Gasteiger partial charge in [-0.25, -0.2) is 8.42 Å². The van der Waals surface area contributed by atoms with E-state index in [-0.39, 0.29) is 10.8 Å². The van der Waals surface area contributed by atoms with Gasteiger partial charge in [0.2, 0.25) is 5.91 Å². The van der Waals surface area contributed by atoms with E-state index in [2.05, 4.69) is 15.5 Å². The lowest BCUT2D eigenvalue weighted by Crippen LogP contribution is -2.28. The third kappa shape index (κ3) is 4.40. The number of hydrogen-bond acceptors (Lipinski definition) is 5. The molecule has 2 aromatic rings. The Balaban J connectivity index is 1.85. The number of carbonyl (C=O) groups is 1. The van der Waals surface area contributed by atoms with Crippen LogP contribution < -0.4 is 5.32 Å². The van der Waals surface area contributed by atoms with Gasteiger partial charge in [-0.05, 0) is 26.2 Å². The summed E-state index contributed by atoms with van der Waals surface area (Å²) in [5, 5.41) is 10.7. The molecule has 1 saturated carbocycles. The van der Waals surface area contributed by atoms with Crippen molar-refractivity contribution in [2.45, 2.75) is 62.1 Å². The topological polar surface area (TPSA) is 98.9 Å². The molecule has 0 saturated heterocycles. The van der Waals surface area contributed by atoms with Crippen LogP contribution in [0.4, 0.5) is 5.82 Å². The molecule has 0 spiro atoms. The Morgan fingerprint density at radius 2 is 2.04 bits per heavy atom. The zero-order valence-corrected chi connectivity index (χ0v) is 16.8. The number of nitrogens with zero attached hydrogens (tertiary/aromatic N) is 4. The SMILES string of the molecule is CC(C)S(=O)(=O)c1cnn(C(CC2CCCC2)C(=O)Nc2ccn(C)n2)c1. The van der Waals surface area contributed by atoms with E-state index in [4.69, 9.17) is 0 Å². The van der Waals surface area contributed by atoms with Gasteiger partial charge in [0.05, 0.1) is 11.4 Å². The minimum Gasteiger partial charge on any atom is -0.307 e. The second kappa shape index (κ2) is 7.84. The highest BCUT2D eigenvalue weighted by molar-refractivity contribution is 7.92. The third-order valence-corrected chi connectivity index (χ3v) is 7.25. The molecule has 2 aromatic heterocycles. The van der Waals surface area contributed by atoms with Gasteiger partial charge in [0.25, 0.3) is 0 Å². The Morgan fingerprint density at radius 1 is 1.33 bits per heavy atom. The summed E-state index contributed by atoms with van der Waals surface area (Å²) in [6.45, 7) is 3.27. The average molecular weight is 394 g/mol. The molecule has 0 bridgehead atoms. The monoisotopic (exact) mass is 393 g/mol. The molecule has 0 radical (unpaired) electrons. The lowest BCUT2D eigenvalue weighted by Gasteiger charge is -2.20. The molecule has 1 aliphatic rings. The number of amides is 1. The van der Waals surface area contributed by atoms with E-state index in [9.17, 15) is 13.2 Å². The van der Waals surface area contributed by atoms with Gasteiger partial charge in [-0.15, -0.1) is 0 Å². The van der Waals surface area contributed by atoms with Crippen molar-refractivity contribution < 1.29 is 13.2 Å². The van der Waals surface area contributed by atoms with Gasteiger partial charge < -0.3 is 5.32 Å². The first-order chi connectivity index (χ1) is 12.8. The summed E-state index contributed by atoms with van der Waals surface area (Å²) in [6.07, 6.45) is 9.73. The van der Waals surface area contributed by atoms with E-state index in [0.717, 1.165) is 12.8 Å². The zero-order chi connectivity index (χ0) is 19.6. The second-order valence-electron chi connectivity index (χ2n) is 7.52. The van der Waals surface area contributed by atoms with E-state index in [1.807, 2.05) is 0 Å². The van der Waals surface area contributed by atoms with Gasteiger partial charge in [0.15, 0.2) is 15.7 Å². The molecule has 0 aliphatic heterocycles. The Hall–Kier alpha value is -2.16. The maximum absolute atomic E-state index is 12.9. The van der Waals surface area contributed by atoms with Crippen LogP contribution in [0.2, 0.25) is 0 Å². The summed E-state index contributed by atoms with van der Waals surface area (Å²) in [6, 6.07) is 1.16. The Bertz CT molecular complexity index is 894. The fourth-order valence-electron chi connectivity index (χ4n) is 3.50. The Kier molecular flexibility index (Phi) is 5.69. The van der Waals surface area contributed by atoms with Gasteiger partial charge in [-0.2, -0.15) is 10.2 Å². The van der Waals surface area contributed by atoms with Crippen molar-refractivity contribution in [3.63, 3.8) is 0 Å². The van der Waals surface area contributed by atoms with Crippen LogP contribution >= 0.6 is 0 Å². The van der Waals surface area contributed by atoms with Gasteiger partial charge in [0, 0.05) is 25.5 Å². The summed E-state index contributed by atoms with van der Waals surface area (Å²) in [5.74, 6) is 0.692. The van der Waals surface area contributed by atoms with Gasteiger partial charge in [-0.3, -0.25) is 14.2 Å². The Labute approximate surface area is 159 Å². The van der Waals surface area contributed by atoms with Crippen molar-refractivity contribution in [3.8, 4) is 0 Å². The number of rotatable bonds is 7. The molecule has 3 rings (SSSR count). The highest BCUT2D eigenvalue weighted by Gasteiger charge is 2.29. The maximum atomic E-state index is 12.9.